The highest BCUT2D eigenvalue weighted by Gasteiger charge is 2.38. The summed E-state index contributed by atoms with van der Waals surface area (Å²) in [6.07, 6.45) is 1.77. The molecule has 3 rings (SSSR count). The predicted molar refractivity (Wildman–Crippen MR) is 101 cm³/mol. The highest BCUT2D eigenvalue weighted by Crippen LogP contribution is 2.29. The SMILES string of the molecule is CC1(C)CC(NC(=O)c2cc(-c3cccc(Cl)c3)n[nH]2)CC(C)(C)N1. The number of amides is 1. The molecule has 0 aliphatic carbocycles. The van der Waals surface area contributed by atoms with Gasteiger partial charge in [-0.05, 0) is 58.7 Å². The maximum Gasteiger partial charge on any atom is 0.269 e. The maximum absolute atomic E-state index is 12.6. The molecule has 6 heteroatoms. The van der Waals surface area contributed by atoms with Crippen molar-refractivity contribution in [3.8, 4) is 11.3 Å². The first-order chi connectivity index (χ1) is 11.6. The number of hydrogen-bond acceptors (Lipinski definition) is 3. The Labute approximate surface area is 153 Å². The van der Waals surface area contributed by atoms with Gasteiger partial charge in [0.1, 0.15) is 5.69 Å². The number of carbonyl (C=O) groups excluding carboxylic acids is 1. The standard InChI is InChI=1S/C19H25ClN4O/c1-18(2)10-14(11-19(3,4)24-18)21-17(25)16-9-15(22-23-16)12-6-5-7-13(20)8-12/h5-9,14,24H,10-11H2,1-4H3,(H,21,25)(H,22,23). The first-order valence-electron chi connectivity index (χ1n) is 8.55. The summed E-state index contributed by atoms with van der Waals surface area (Å²) in [6, 6.07) is 9.31. The van der Waals surface area contributed by atoms with E-state index >= 15 is 0 Å². The molecular formula is C19H25ClN4O. The van der Waals surface area contributed by atoms with Gasteiger partial charge in [-0.3, -0.25) is 9.89 Å². The van der Waals surface area contributed by atoms with Crippen LogP contribution >= 0.6 is 11.6 Å². The minimum Gasteiger partial charge on any atom is -0.348 e. The summed E-state index contributed by atoms with van der Waals surface area (Å²) in [6.45, 7) is 8.67. The zero-order valence-electron chi connectivity index (χ0n) is 15.1. The van der Waals surface area contributed by atoms with Crippen molar-refractivity contribution < 1.29 is 4.79 Å². The zero-order valence-corrected chi connectivity index (χ0v) is 15.9. The molecule has 1 aliphatic heterocycles. The highest BCUT2D eigenvalue weighted by molar-refractivity contribution is 6.30. The minimum atomic E-state index is -0.126. The molecule has 1 aromatic carbocycles. The summed E-state index contributed by atoms with van der Waals surface area (Å²) >= 11 is 6.02. The molecule has 1 aliphatic rings. The number of rotatable bonds is 3. The first kappa shape index (κ1) is 18.0. The van der Waals surface area contributed by atoms with Crippen molar-refractivity contribution in [3.63, 3.8) is 0 Å². The molecule has 0 unspecified atom stereocenters. The molecule has 1 saturated heterocycles. The Balaban J connectivity index is 1.72. The second kappa shape index (κ2) is 6.46. The summed E-state index contributed by atoms with van der Waals surface area (Å²) in [7, 11) is 0. The van der Waals surface area contributed by atoms with Crippen molar-refractivity contribution in [2.24, 2.45) is 0 Å². The number of nitrogens with zero attached hydrogens (tertiary/aromatic N) is 1. The molecule has 2 heterocycles. The molecule has 5 nitrogen and oxygen atoms in total. The number of H-pyrrole nitrogens is 1. The number of halogens is 1. The Kier molecular flexibility index (Phi) is 4.64. The van der Waals surface area contributed by atoms with E-state index in [2.05, 4.69) is 48.5 Å². The number of nitrogens with one attached hydrogen (secondary N) is 3. The van der Waals surface area contributed by atoms with Crippen molar-refractivity contribution in [2.75, 3.05) is 0 Å². The van der Waals surface area contributed by atoms with Crippen LogP contribution < -0.4 is 10.6 Å². The van der Waals surface area contributed by atoms with Gasteiger partial charge in [0.15, 0.2) is 0 Å². The molecule has 2 aromatic rings. The number of benzene rings is 1. The molecule has 3 N–H and O–H groups in total. The lowest BCUT2D eigenvalue weighted by Gasteiger charge is -2.46. The second-order valence-corrected chi connectivity index (χ2v) is 8.59. The molecule has 0 bridgehead atoms. The van der Waals surface area contributed by atoms with E-state index in [4.69, 9.17) is 11.6 Å². The number of hydrogen-bond donors (Lipinski definition) is 3. The van der Waals surface area contributed by atoms with Crippen LogP contribution in [-0.4, -0.2) is 33.2 Å². The van der Waals surface area contributed by atoms with Gasteiger partial charge < -0.3 is 10.6 Å². The van der Waals surface area contributed by atoms with E-state index in [-0.39, 0.29) is 23.0 Å². The lowest BCUT2D eigenvalue weighted by Crippen LogP contribution is -2.62. The van der Waals surface area contributed by atoms with E-state index in [1.165, 1.54) is 0 Å². The maximum atomic E-state index is 12.6. The van der Waals surface area contributed by atoms with Crippen LogP contribution in [0.5, 0.6) is 0 Å². The summed E-state index contributed by atoms with van der Waals surface area (Å²) in [5.74, 6) is -0.126. The van der Waals surface area contributed by atoms with Gasteiger partial charge in [0, 0.05) is 27.7 Å². The van der Waals surface area contributed by atoms with Crippen molar-refractivity contribution in [2.45, 2.75) is 57.7 Å². The third kappa shape index (κ3) is 4.41. The Hall–Kier alpha value is -1.85. The molecule has 0 spiro atoms. The minimum absolute atomic E-state index is 0.0143. The van der Waals surface area contributed by atoms with E-state index in [0.717, 1.165) is 18.4 Å². The van der Waals surface area contributed by atoms with E-state index < -0.39 is 0 Å². The van der Waals surface area contributed by atoms with E-state index in [1.54, 1.807) is 6.07 Å². The monoisotopic (exact) mass is 360 g/mol. The molecule has 25 heavy (non-hydrogen) atoms. The average molecular weight is 361 g/mol. The van der Waals surface area contributed by atoms with Crippen LogP contribution in [0.1, 0.15) is 51.0 Å². The molecule has 1 amide bonds. The van der Waals surface area contributed by atoms with Crippen molar-refractivity contribution in [1.29, 1.82) is 0 Å². The zero-order chi connectivity index (χ0) is 18.2. The molecule has 0 saturated carbocycles. The van der Waals surface area contributed by atoms with Crippen molar-refractivity contribution >= 4 is 17.5 Å². The van der Waals surface area contributed by atoms with Crippen LogP contribution in [0.4, 0.5) is 0 Å². The van der Waals surface area contributed by atoms with E-state index in [9.17, 15) is 4.79 Å². The number of aromatic amines is 1. The lowest BCUT2D eigenvalue weighted by atomic mass is 9.79. The van der Waals surface area contributed by atoms with Crippen LogP contribution in [-0.2, 0) is 0 Å². The Bertz CT molecular complexity index is 765. The molecule has 134 valence electrons. The lowest BCUT2D eigenvalue weighted by molar-refractivity contribution is 0.0868. The first-order valence-corrected chi connectivity index (χ1v) is 8.93. The summed E-state index contributed by atoms with van der Waals surface area (Å²) in [4.78, 5) is 12.6. The fraction of sp³-hybridized carbons (Fsp3) is 0.474. The summed E-state index contributed by atoms with van der Waals surface area (Å²) in [5, 5.41) is 14.5. The van der Waals surface area contributed by atoms with Crippen LogP contribution in [0.3, 0.4) is 0 Å². The summed E-state index contributed by atoms with van der Waals surface area (Å²) < 4.78 is 0. The van der Waals surface area contributed by atoms with Gasteiger partial charge in [0.2, 0.25) is 0 Å². The third-order valence-electron chi connectivity index (χ3n) is 4.47. The molecule has 1 fully saturated rings. The van der Waals surface area contributed by atoms with Crippen LogP contribution in [0.2, 0.25) is 5.02 Å². The topological polar surface area (TPSA) is 69.8 Å². The van der Waals surface area contributed by atoms with Crippen molar-refractivity contribution in [3.05, 3.63) is 41.0 Å². The molecule has 0 atom stereocenters. The van der Waals surface area contributed by atoms with Gasteiger partial charge in [-0.1, -0.05) is 23.7 Å². The smallest absolute Gasteiger partial charge is 0.269 e. The number of carbonyl (C=O) groups is 1. The molecular weight excluding hydrogens is 336 g/mol. The highest BCUT2D eigenvalue weighted by atomic mass is 35.5. The van der Waals surface area contributed by atoms with Gasteiger partial charge in [0.05, 0.1) is 5.69 Å². The van der Waals surface area contributed by atoms with Crippen LogP contribution in [0, 0.1) is 0 Å². The van der Waals surface area contributed by atoms with Gasteiger partial charge in [0.25, 0.3) is 5.91 Å². The average Bonchev–Trinajstić information content (AvgIpc) is 2.93. The molecule has 1 aromatic heterocycles. The van der Waals surface area contributed by atoms with E-state index in [1.807, 2.05) is 24.3 Å². The number of aromatic nitrogens is 2. The van der Waals surface area contributed by atoms with Gasteiger partial charge in [-0.15, -0.1) is 0 Å². The third-order valence-corrected chi connectivity index (χ3v) is 4.70. The number of piperidine rings is 1. The van der Waals surface area contributed by atoms with E-state index in [0.29, 0.717) is 16.4 Å². The quantitative estimate of drug-likeness (QED) is 0.780. The Morgan fingerprint density at radius 2 is 1.88 bits per heavy atom. The second-order valence-electron chi connectivity index (χ2n) is 8.15. The Morgan fingerprint density at radius 1 is 1.20 bits per heavy atom. The van der Waals surface area contributed by atoms with Gasteiger partial charge in [-0.25, -0.2) is 0 Å². The van der Waals surface area contributed by atoms with Crippen LogP contribution in [0.15, 0.2) is 30.3 Å². The predicted octanol–water partition coefficient (Wildman–Crippen LogP) is 3.77. The fourth-order valence-electron chi connectivity index (χ4n) is 3.92. The van der Waals surface area contributed by atoms with Crippen LogP contribution in [0.25, 0.3) is 11.3 Å². The Morgan fingerprint density at radius 3 is 2.52 bits per heavy atom. The largest absolute Gasteiger partial charge is 0.348 e. The molecule has 0 radical (unpaired) electrons. The van der Waals surface area contributed by atoms with Gasteiger partial charge >= 0.3 is 0 Å². The van der Waals surface area contributed by atoms with Gasteiger partial charge in [-0.2, -0.15) is 5.10 Å². The normalized spacial score (nSPS) is 19.6. The summed E-state index contributed by atoms with van der Waals surface area (Å²) in [5.41, 5.74) is 2.02. The van der Waals surface area contributed by atoms with Crippen molar-refractivity contribution in [1.82, 2.24) is 20.8 Å². The fourth-order valence-corrected chi connectivity index (χ4v) is 4.11.